The van der Waals surface area contributed by atoms with Crippen molar-refractivity contribution in [3.05, 3.63) is 23.6 Å². The van der Waals surface area contributed by atoms with Crippen LogP contribution in [0.4, 0.5) is 5.69 Å². The highest BCUT2D eigenvalue weighted by Gasteiger charge is 2.21. The first-order valence-electron chi connectivity index (χ1n) is 4.15. The number of hydrogen-bond donors (Lipinski definition) is 2. The molecule has 2 rings (SSSR count). The van der Waals surface area contributed by atoms with E-state index in [1.165, 1.54) is 0 Å². The summed E-state index contributed by atoms with van der Waals surface area (Å²) in [6.45, 7) is 1.76. The molecule has 0 aromatic carbocycles. The van der Waals surface area contributed by atoms with E-state index in [1.54, 1.807) is 19.1 Å². The first-order valence-corrected chi connectivity index (χ1v) is 4.15. The lowest BCUT2D eigenvalue weighted by atomic mass is 10.2. The van der Waals surface area contributed by atoms with Gasteiger partial charge in [0, 0.05) is 0 Å². The number of hydrogen-bond acceptors (Lipinski definition) is 5. The minimum Gasteiger partial charge on any atom is -0.476 e. The number of furan rings is 1. The monoisotopic (exact) mass is 208 g/mol. The first-order chi connectivity index (χ1) is 7.09. The second-order valence-corrected chi connectivity index (χ2v) is 2.99. The Labute approximate surface area is 84.3 Å². The highest BCUT2D eigenvalue weighted by Crippen LogP contribution is 2.29. The Hall–Kier alpha value is -2.24. The molecule has 2 heterocycles. The molecule has 78 valence electrons. The quantitative estimate of drug-likeness (QED) is 0.775. The number of carboxylic acid groups (broad SMARTS) is 1. The molecule has 0 unspecified atom stereocenters. The van der Waals surface area contributed by atoms with Crippen molar-refractivity contribution < 1.29 is 18.8 Å². The minimum absolute atomic E-state index is 0.0307. The number of nitrogens with two attached hydrogens (primary N) is 1. The van der Waals surface area contributed by atoms with Crippen molar-refractivity contribution >= 4 is 11.7 Å². The summed E-state index contributed by atoms with van der Waals surface area (Å²) in [4.78, 5) is 10.6. The molecule has 0 saturated carbocycles. The van der Waals surface area contributed by atoms with E-state index >= 15 is 0 Å². The Kier molecular flexibility index (Phi) is 1.96. The van der Waals surface area contributed by atoms with E-state index in [2.05, 4.69) is 5.16 Å². The van der Waals surface area contributed by atoms with Crippen molar-refractivity contribution in [1.29, 1.82) is 0 Å². The predicted octanol–water partition coefficient (Wildman–Crippen LogP) is 1.52. The summed E-state index contributed by atoms with van der Waals surface area (Å²) < 4.78 is 10.0. The van der Waals surface area contributed by atoms with Crippen molar-refractivity contribution in [2.75, 3.05) is 5.73 Å². The van der Waals surface area contributed by atoms with Gasteiger partial charge in [0.05, 0.1) is 0 Å². The third kappa shape index (κ3) is 1.45. The third-order valence-corrected chi connectivity index (χ3v) is 1.89. The van der Waals surface area contributed by atoms with Gasteiger partial charge in [0.25, 0.3) is 0 Å². The maximum Gasteiger partial charge on any atom is 0.360 e. The lowest BCUT2D eigenvalue weighted by Crippen LogP contribution is -2.00. The normalized spacial score (nSPS) is 10.5. The summed E-state index contributed by atoms with van der Waals surface area (Å²) in [6.07, 6.45) is 0. The molecule has 6 nitrogen and oxygen atoms in total. The second-order valence-electron chi connectivity index (χ2n) is 2.99. The molecular formula is C9H8N2O4. The fourth-order valence-electron chi connectivity index (χ4n) is 1.19. The molecule has 2 aromatic rings. The highest BCUT2D eigenvalue weighted by atomic mass is 16.5. The summed E-state index contributed by atoms with van der Waals surface area (Å²) in [5, 5.41) is 12.0. The summed E-state index contributed by atoms with van der Waals surface area (Å²) in [6, 6.07) is 3.36. The van der Waals surface area contributed by atoms with E-state index in [0.717, 1.165) is 0 Å². The molecule has 0 aliphatic carbocycles. The van der Waals surface area contributed by atoms with Gasteiger partial charge in [-0.3, -0.25) is 0 Å². The molecule has 0 aliphatic heterocycles. The SMILES string of the molecule is Cc1ccc(-c2onc(C(=O)O)c2N)o1. The van der Waals surface area contributed by atoms with Crippen LogP contribution < -0.4 is 5.73 Å². The van der Waals surface area contributed by atoms with E-state index in [4.69, 9.17) is 19.8 Å². The number of nitrogen functional groups attached to an aromatic ring is 1. The molecule has 3 N–H and O–H groups in total. The maximum atomic E-state index is 10.6. The van der Waals surface area contributed by atoms with E-state index in [-0.39, 0.29) is 17.1 Å². The number of rotatable bonds is 2. The third-order valence-electron chi connectivity index (χ3n) is 1.89. The number of anilines is 1. The van der Waals surface area contributed by atoms with Gasteiger partial charge in [-0.25, -0.2) is 4.79 Å². The molecule has 0 bridgehead atoms. The number of nitrogens with zero attached hydrogens (tertiary/aromatic N) is 1. The van der Waals surface area contributed by atoms with Crippen LogP contribution >= 0.6 is 0 Å². The van der Waals surface area contributed by atoms with Crippen molar-refractivity contribution in [2.24, 2.45) is 0 Å². The summed E-state index contributed by atoms with van der Waals surface area (Å²) in [5.41, 5.74) is 5.21. The van der Waals surface area contributed by atoms with Crippen LogP contribution in [0.25, 0.3) is 11.5 Å². The number of carbonyl (C=O) groups is 1. The largest absolute Gasteiger partial charge is 0.476 e. The molecule has 0 fully saturated rings. The van der Waals surface area contributed by atoms with E-state index in [1.807, 2.05) is 0 Å². The van der Waals surface area contributed by atoms with Crippen LogP contribution in [0.1, 0.15) is 16.2 Å². The molecule has 0 saturated heterocycles. The molecule has 0 spiro atoms. The fraction of sp³-hybridized carbons (Fsp3) is 0.111. The summed E-state index contributed by atoms with van der Waals surface area (Å²) in [7, 11) is 0. The van der Waals surface area contributed by atoms with Crippen molar-refractivity contribution in [1.82, 2.24) is 5.16 Å². The van der Waals surface area contributed by atoms with Crippen LogP contribution in [-0.2, 0) is 0 Å². The Morgan fingerprint density at radius 1 is 1.53 bits per heavy atom. The zero-order valence-corrected chi connectivity index (χ0v) is 7.85. The van der Waals surface area contributed by atoms with Crippen LogP contribution in [0.5, 0.6) is 0 Å². The van der Waals surface area contributed by atoms with Crippen LogP contribution in [0.3, 0.4) is 0 Å². The minimum atomic E-state index is -1.23. The van der Waals surface area contributed by atoms with Gasteiger partial charge >= 0.3 is 5.97 Å². The summed E-state index contributed by atoms with van der Waals surface area (Å²) in [5.74, 6) is -0.0473. The van der Waals surface area contributed by atoms with Gasteiger partial charge in [0.15, 0.2) is 5.76 Å². The zero-order chi connectivity index (χ0) is 11.0. The predicted molar refractivity (Wildman–Crippen MR) is 50.3 cm³/mol. The second kappa shape index (κ2) is 3.16. The first kappa shape index (κ1) is 9.32. The fourth-order valence-corrected chi connectivity index (χ4v) is 1.19. The van der Waals surface area contributed by atoms with E-state index in [9.17, 15) is 4.79 Å². The average molecular weight is 208 g/mol. The smallest absolute Gasteiger partial charge is 0.360 e. The topological polar surface area (TPSA) is 102 Å². The molecule has 0 radical (unpaired) electrons. The van der Waals surface area contributed by atoms with Crippen LogP contribution in [0.15, 0.2) is 21.1 Å². The Bertz CT molecular complexity index is 512. The Morgan fingerprint density at radius 2 is 2.27 bits per heavy atom. The highest BCUT2D eigenvalue weighted by molar-refractivity contribution is 5.94. The molecule has 6 heteroatoms. The van der Waals surface area contributed by atoms with Crippen LogP contribution in [-0.4, -0.2) is 16.2 Å². The van der Waals surface area contributed by atoms with Crippen molar-refractivity contribution in [3.63, 3.8) is 0 Å². The molecule has 15 heavy (non-hydrogen) atoms. The molecule has 2 aromatic heterocycles. The van der Waals surface area contributed by atoms with E-state index in [0.29, 0.717) is 11.5 Å². The average Bonchev–Trinajstić information content (AvgIpc) is 2.71. The van der Waals surface area contributed by atoms with E-state index < -0.39 is 5.97 Å². The molecular weight excluding hydrogens is 200 g/mol. The molecule has 0 atom stereocenters. The molecule has 0 aliphatic rings. The van der Waals surface area contributed by atoms with Gasteiger partial charge in [-0.1, -0.05) is 5.16 Å². The summed E-state index contributed by atoms with van der Waals surface area (Å²) >= 11 is 0. The van der Waals surface area contributed by atoms with Crippen molar-refractivity contribution in [2.45, 2.75) is 6.92 Å². The number of aromatic carboxylic acids is 1. The lowest BCUT2D eigenvalue weighted by Gasteiger charge is -1.91. The number of aryl methyl sites for hydroxylation is 1. The number of carboxylic acids is 1. The van der Waals surface area contributed by atoms with Gasteiger partial charge in [0.2, 0.25) is 11.5 Å². The van der Waals surface area contributed by atoms with Crippen molar-refractivity contribution in [3.8, 4) is 11.5 Å². The maximum absolute atomic E-state index is 10.6. The van der Waals surface area contributed by atoms with Gasteiger partial charge in [-0.05, 0) is 19.1 Å². The van der Waals surface area contributed by atoms with Gasteiger partial charge in [-0.2, -0.15) is 0 Å². The van der Waals surface area contributed by atoms with Gasteiger partial charge in [-0.15, -0.1) is 0 Å². The zero-order valence-electron chi connectivity index (χ0n) is 7.85. The standard InChI is InChI=1S/C9H8N2O4/c1-4-2-3-5(14-4)8-6(10)7(9(12)13)11-15-8/h2-3H,10H2,1H3,(H,12,13). The van der Waals surface area contributed by atoms with Crippen LogP contribution in [0.2, 0.25) is 0 Å². The lowest BCUT2D eigenvalue weighted by molar-refractivity contribution is 0.0687. The Balaban J connectivity index is 2.50. The van der Waals surface area contributed by atoms with Gasteiger partial charge in [0.1, 0.15) is 11.4 Å². The number of aromatic nitrogens is 1. The van der Waals surface area contributed by atoms with Crippen LogP contribution in [0, 0.1) is 6.92 Å². The van der Waals surface area contributed by atoms with Gasteiger partial charge < -0.3 is 19.8 Å². The Morgan fingerprint density at radius 3 is 2.73 bits per heavy atom. The molecule has 0 amide bonds.